The second-order valence-corrected chi connectivity index (χ2v) is 16.5. The van der Waals surface area contributed by atoms with Crippen molar-refractivity contribution in [2.24, 2.45) is 0 Å². The third kappa shape index (κ3) is 6.79. The van der Waals surface area contributed by atoms with Crippen LogP contribution in [0.15, 0.2) is 253 Å². The Morgan fingerprint density at radius 1 is 0.266 bits per heavy atom. The average Bonchev–Trinajstić information content (AvgIpc) is 3.77. The standard InChI is InChI=1S/C62H41NO/c1-3-13-42(14-4-1)51-38-52(43-15-5-2-6-16-43)40-53(39-51)46-29-34-55(35-30-46)63(54-32-27-45(28-33-54)49-26-25-44-17-7-8-19-48(44)37-49)56-21-11-20-50(41-56)57-23-12-24-60-61(57)59-36-31-47-18-9-10-22-58(47)62(59)64-60/h1-41H. The lowest BCUT2D eigenvalue weighted by Gasteiger charge is -2.26. The van der Waals surface area contributed by atoms with Gasteiger partial charge in [-0.05, 0) is 145 Å². The second kappa shape index (κ2) is 15.8. The van der Waals surface area contributed by atoms with Crippen molar-refractivity contribution >= 4 is 60.5 Å². The first-order valence-electron chi connectivity index (χ1n) is 21.9. The van der Waals surface area contributed by atoms with Crippen LogP contribution in [0.5, 0.6) is 0 Å². The zero-order chi connectivity index (χ0) is 42.4. The van der Waals surface area contributed by atoms with E-state index in [-0.39, 0.29) is 0 Å². The van der Waals surface area contributed by atoms with Gasteiger partial charge in [0.1, 0.15) is 11.2 Å². The summed E-state index contributed by atoms with van der Waals surface area (Å²) in [7, 11) is 0. The molecule has 0 atom stereocenters. The topological polar surface area (TPSA) is 16.4 Å². The van der Waals surface area contributed by atoms with Gasteiger partial charge < -0.3 is 9.32 Å². The molecule has 0 fully saturated rings. The number of benzene rings is 11. The van der Waals surface area contributed by atoms with Crippen LogP contribution < -0.4 is 4.90 Å². The summed E-state index contributed by atoms with van der Waals surface area (Å²) in [5, 5.41) is 7.03. The maximum Gasteiger partial charge on any atom is 0.143 e. The molecular weight excluding hydrogens is 775 g/mol. The molecule has 0 aliphatic carbocycles. The van der Waals surface area contributed by atoms with Crippen molar-refractivity contribution in [3.8, 4) is 55.6 Å². The molecule has 1 heterocycles. The molecule has 1 aromatic heterocycles. The molecule has 11 aromatic carbocycles. The normalized spacial score (nSPS) is 11.4. The van der Waals surface area contributed by atoms with Gasteiger partial charge in [-0.25, -0.2) is 0 Å². The van der Waals surface area contributed by atoms with E-state index in [0.717, 1.165) is 61.1 Å². The highest BCUT2D eigenvalue weighted by molar-refractivity contribution is 6.19. The fourth-order valence-electron chi connectivity index (χ4n) is 9.42. The number of nitrogens with zero attached hydrogens (tertiary/aromatic N) is 1. The Hall–Kier alpha value is -8.46. The summed E-state index contributed by atoms with van der Waals surface area (Å²) in [4.78, 5) is 2.37. The Morgan fingerprint density at radius 2 is 0.781 bits per heavy atom. The molecule has 0 saturated carbocycles. The highest BCUT2D eigenvalue weighted by atomic mass is 16.3. The lowest BCUT2D eigenvalue weighted by Crippen LogP contribution is -2.10. The number of furan rings is 1. The second-order valence-electron chi connectivity index (χ2n) is 16.5. The molecule has 0 saturated heterocycles. The van der Waals surface area contributed by atoms with Crippen molar-refractivity contribution in [1.29, 1.82) is 0 Å². The van der Waals surface area contributed by atoms with Crippen molar-refractivity contribution in [3.63, 3.8) is 0 Å². The van der Waals surface area contributed by atoms with Crippen LogP contribution in [0.1, 0.15) is 0 Å². The first kappa shape index (κ1) is 37.3. The molecule has 0 radical (unpaired) electrons. The Labute approximate surface area is 372 Å². The molecule has 2 nitrogen and oxygen atoms in total. The van der Waals surface area contributed by atoms with E-state index in [1.165, 1.54) is 55.1 Å². The van der Waals surface area contributed by atoms with E-state index >= 15 is 0 Å². The summed E-state index contributed by atoms with van der Waals surface area (Å²) in [6.45, 7) is 0. The van der Waals surface area contributed by atoms with Gasteiger partial charge in [-0.2, -0.15) is 0 Å². The van der Waals surface area contributed by atoms with E-state index in [4.69, 9.17) is 4.42 Å². The largest absolute Gasteiger partial charge is 0.455 e. The van der Waals surface area contributed by atoms with E-state index in [1.54, 1.807) is 0 Å². The molecule has 0 spiro atoms. The summed E-state index contributed by atoms with van der Waals surface area (Å²) in [5.41, 5.74) is 16.8. The first-order chi connectivity index (χ1) is 31.7. The van der Waals surface area contributed by atoms with Crippen molar-refractivity contribution in [3.05, 3.63) is 249 Å². The van der Waals surface area contributed by atoms with Gasteiger partial charge in [0.15, 0.2) is 0 Å². The molecule has 300 valence electrons. The Kier molecular flexibility index (Phi) is 9.20. The molecule has 0 aliphatic heterocycles. The van der Waals surface area contributed by atoms with Gasteiger partial charge >= 0.3 is 0 Å². The van der Waals surface area contributed by atoms with Crippen LogP contribution in [0.25, 0.3) is 99.1 Å². The monoisotopic (exact) mass is 815 g/mol. The lowest BCUT2D eigenvalue weighted by molar-refractivity contribution is 0.673. The number of anilines is 3. The predicted molar refractivity (Wildman–Crippen MR) is 271 cm³/mol. The van der Waals surface area contributed by atoms with Gasteiger partial charge in [0.2, 0.25) is 0 Å². The van der Waals surface area contributed by atoms with Crippen LogP contribution in [0.3, 0.4) is 0 Å². The van der Waals surface area contributed by atoms with Crippen LogP contribution >= 0.6 is 0 Å². The average molecular weight is 816 g/mol. The molecule has 0 unspecified atom stereocenters. The number of hydrogen-bond acceptors (Lipinski definition) is 2. The molecule has 0 N–H and O–H groups in total. The van der Waals surface area contributed by atoms with Crippen LogP contribution in [0.4, 0.5) is 17.1 Å². The zero-order valence-electron chi connectivity index (χ0n) is 35.0. The molecule has 12 aromatic rings. The van der Waals surface area contributed by atoms with E-state index in [9.17, 15) is 0 Å². The minimum Gasteiger partial charge on any atom is -0.455 e. The van der Waals surface area contributed by atoms with Crippen molar-refractivity contribution < 1.29 is 4.42 Å². The fourth-order valence-corrected chi connectivity index (χ4v) is 9.42. The summed E-state index contributed by atoms with van der Waals surface area (Å²) in [6, 6.07) is 89.7. The summed E-state index contributed by atoms with van der Waals surface area (Å²) in [6.07, 6.45) is 0. The van der Waals surface area contributed by atoms with Crippen LogP contribution in [-0.2, 0) is 0 Å². The highest BCUT2D eigenvalue weighted by Crippen LogP contribution is 2.43. The van der Waals surface area contributed by atoms with Crippen molar-refractivity contribution in [2.45, 2.75) is 0 Å². The maximum atomic E-state index is 6.62. The maximum absolute atomic E-state index is 6.62. The molecule has 0 aliphatic rings. The zero-order valence-corrected chi connectivity index (χ0v) is 35.0. The molecule has 64 heavy (non-hydrogen) atoms. The Morgan fingerprint density at radius 3 is 1.45 bits per heavy atom. The molecular formula is C62H41NO. The summed E-state index contributed by atoms with van der Waals surface area (Å²) >= 11 is 0. The van der Waals surface area contributed by atoms with E-state index in [2.05, 4.69) is 254 Å². The third-order valence-electron chi connectivity index (χ3n) is 12.6. The Balaban J connectivity index is 0.977. The fraction of sp³-hybridized carbons (Fsp3) is 0. The van der Waals surface area contributed by atoms with Crippen LogP contribution in [-0.4, -0.2) is 0 Å². The van der Waals surface area contributed by atoms with Gasteiger partial charge in [0.25, 0.3) is 0 Å². The SMILES string of the molecule is c1ccc(-c2cc(-c3ccccc3)cc(-c3ccc(N(c4ccc(-c5ccc6ccccc6c5)cc4)c4cccc(-c5cccc6oc7c8ccccc8ccc7c56)c4)cc3)c2)cc1. The molecule has 0 bridgehead atoms. The van der Waals surface area contributed by atoms with E-state index in [0.29, 0.717) is 0 Å². The third-order valence-corrected chi connectivity index (χ3v) is 12.6. The van der Waals surface area contributed by atoms with Crippen LogP contribution in [0.2, 0.25) is 0 Å². The van der Waals surface area contributed by atoms with Crippen molar-refractivity contribution in [2.75, 3.05) is 4.90 Å². The Bertz CT molecular complexity index is 3590. The molecule has 0 amide bonds. The van der Waals surface area contributed by atoms with Gasteiger partial charge in [-0.3, -0.25) is 0 Å². The quantitative estimate of drug-likeness (QED) is 0.152. The van der Waals surface area contributed by atoms with Crippen molar-refractivity contribution in [1.82, 2.24) is 0 Å². The predicted octanol–water partition coefficient (Wildman–Crippen LogP) is 17.7. The smallest absolute Gasteiger partial charge is 0.143 e. The first-order valence-corrected chi connectivity index (χ1v) is 21.9. The number of fused-ring (bicyclic) bond motifs is 6. The number of rotatable bonds is 8. The minimum atomic E-state index is 0.887. The highest BCUT2D eigenvalue weighted by Gasteiger charge is 2.18. The van der Waals surface area contributed by atoms with Gasteiger partial charge in [0, 0.05) is 33.2 Å². The molecule has 12 rings (SSSR count). The van der Waals surface area contributed by atoms with Gasteiger partial charge in [-0.15, -0.1) is 0 Å². The van der Waals surface area contributed by atoms with Crippen LogP contribution in [0, 0.1) is 0 Å². The van der Waals surface area contributed by atoms with Gasteiger partial charge in [-0.1, -0.05) is 176 Å². The van der Waals surface area contributed by atoms with E-state index < -0.39 is 0 Å². The summed E-state index contributed by atoms with van der Waals surface area (Å²) < 4.78 is 6.62. The van der Waals surface area contributed by atoms with E-state index in [1.807, 2.05) is 0 Å². The summed E-state index contributed by atoms with van der Waals surface area (Å²) in [5.74, 6) is 0. The minimum absolute atomic E-state index is 0.887. The van der Waals surface area contributed by atoms with Gasteiger partial charge in [0.05, 0.1) is 0 Å². The lowest BCUT2D eigenvalue weighted by atomic mass is 9.93. The molecule has 2 heteroatoms. The number of hydrogen-bond donors (Lipinski definition) is 0.